The van der Waals surface area contributed by atoms with Crippen LogP contribution in [0, 0.1) is 11.3 Å². The van der Waals surface area contributed by atoms with Crippen LogP contribution in [-0.2, 0) is 6.54 Å². The molecule has 1 aromatic carbocycles. The molecule has 2 aliphatic rings. The molecule has 0 amide bonds. The van der Waals surface area contributed by atoms with Gasteiger partial charge in [-0.15, -0.1) is 0 Å². The second-order valence-corrected chi connectivity index (χ2v) is 6.16. The molecule has 1 N–H and O–H groups in total. The highest BCUT2D eigenvalue weighted by atomic mass is 15.2. The average Bonchev–Trinajstić information content (AvgIpc) is 2.79. The Hall–Kier alpha value is -0.860. The first-order valence-electron chi connectivity index (χ1n) is 7.25. The highest BCUT2D eigenvalue weighted by molar-refractivity contribution is 5.15. The van der Waals surface area contributed by atoms with Crippen LogP contribution in [-0.4, -0.2) is 31.1 Å². The van der Waals surface area contributed by atoms with Crippen LogP contribution < -0.4 is 5.32 Å². The molecule has 18 heavy (non-hydrogen) atoms. The number of nitrogens with one attached hydrogen (secondary N) is 1. The van der Waals surface area contributed by atoms with Gasteiger partial charge in [0.1, 0.15) is 0 Å². The Balaban J connectivity index is 1.64. The van der Waals surface area contributed by atoms with Gasteiger partial charge in [0.05, 0.1) is 0 Å². The van der Waals surface area contributed by atoms with Gasteiger partial charge in [0, 0.05) is 13.1 Å². The molecule has 0 bridgehead atoms. The number of benzene rings is 1. The van der Waals surface area contributed by atoms with Crippen LogP contribution in [0.4, 0.5) is 0 Å². The summed E-state index contributed by atoms with van der Waals surface area (Å²) in [6.45, 7) is 8.55. The van der Waals surface area contributed by atoms with Crippen molar-refractivity contribution in [1.82, 2.24) is 10.2 Å². The SMILES string of the molecule is CC1CNCCC12CCN(Cc1ccccc1)C2. The van der Waals surface area contributed by atoms with E-state index in [4.69, 9.17) is 0 Å². The predicted octanol–water partition coefficient (Wildman–Crippen LogP) is 2.51. The predicted molar refractivity (Wildman–Crippen MR) is 75.4 cm³/mol. The summed E-state index contributed by atoms with van der Waals surface area (Å²) in [7, 11) is 0. The van der Waals surface area contributed by atoms with E-state index < -0.39 is 0 Å². The average molecular weight is 244 g/mol. The van der Waals surface area contributed by atoms with Crippen molar-refractivity contribution in [2.24, 2.45) is 11.3 Å². The number of piperidine rings is 1. The first-order valence-corrected chi connectivity index (χ1v) is 7.25. The van der Waals surface area contributed by atoms with Crippen LogP contribution in [0.1, 0.15) is 25.3 Å². The van der Waals surface area contributed by atoms with E-state index in [1.165, 1.54) is 44.6 Å². The maximum absolute atomic E-state index is 3.53. The third kappa shape index (κ3) is 2.32. The van der Waals surface area contributed by atoms with E-state index in [-0.39, 0.29) is 0 Å². The summed E-state index contributed by atoms with van der Waals surface area (Å²) in [5.74, 6) is 0.826. The fourth-order valence-electron chi connectivity index (χ4n) is 3.69. The molecule has 98 valence electrons. The summed E-state index contributed by atoms with van der Waals surface area (Å²) >= 11 is 0. The van der Waals surface area contributed by atoms with Gasteiger partial charge in [0.15, 0.2) is 0 Å². The molecule has 2 unspecified atom stereocenters. The smallest absolute Gasteiger partial charge is 0.0233 e. The second kappa shape index (κ2) is 5.02. The Labute approximate surface area is 110 Å². The molecule has 2 heterocycles. The molecule has 1 aromatic rings. The molecule has 2 heteroatoms. The molecule has 0 aromatic heterocycles. The van der Waals surface area contributed by atoms with Crippen molar-refractivity contribution in [1.29, 1.82) is 0 Å². The number of hydrogen-bond acceptors (Lipinski definition) is 2. The molecule has 1 spiro atoms. The van der Waals surface area contributed by atoms with Crippen LogP contribution in [0.15, 0.2) is 30.3 Å². The maximum atomic E-state index is 3.53. The van der Waals surface area contributed by atoms with Crippen molar-refractivity contribution in [2.45, 2.75) is 26.3 Å². The third-order valence-corrected chi connectivity index (χ3v) is 5.01. The van der Waals surface area contributed by atoms with Crippen molar-refractivity contribution in [3.63, 3.8) is 0 Å². The van der Waals surface area contributed by atoms with Crippen molar-refractivity contribution < 1.29 is 0 Å². The van der Waals surface area contributed by atoms with E-state index in [9.17, 15) is 0 Å². The highest BCUT2D eigenvalue weighted by Gasteiger charge is 2.43. The number of hydrogen-bond donors (Lipinski definition) is 1. The topological polar surface area (TPSA) is 15.3 Å². The van der Waals surface area contributed by atoms with E-state index in [2.05, 4.69) is 47.5 Å². The minimum absolute atomic E-state index is 0.597. The van der Waals surface area contributed by atoms with Gasteiger partial charge in [0.2, 0.25) is 0 Å². The summed E-state index contributed by atoms with van der Waals surface area (Å²) < 4.78 is 0. The normalized spacial score (nSPS) is 33.1. The van der Waals surface area contributed by atoms with Gasteiger partial charge < -0.3 is 5.32 Å². The van der Waals surface area contributed by atoms with Crippen LogP contribution >= 0.6 is 0 Å². The molecule has 0 radical (unpaired) electrons. The van der Waals surface area contributed by atoms with Crippen molar-refractivity contribution in [3.8, 4) is 0 Å². The van der Waals surface area contributed by atoms with Gasteiger partial charge >= 0.3 is 0 Å². The number of likely N-dealkylation sites (tertiary alicyclic amines) is 1. The minimum atomic E-state index is 0.597. The van der Waals surface area contributed by atoms with Gasteiger partial charge in [-0.05, 0) is 49.4 Å². The second-order valence-electron chi connectivity index (χ2n) is 6.16. The van der Waals surface area contributed by atoms with Crippen LogP contribution in [0.3, 0.4) is 0 Å². The molecular weight excluding hydrogens is 220 g/mol. The van der Waals surface area contributed by atoms with Gasteiger partial charge in [-0.25, -0.2) is 0 Å². The Bertz CT molecular complexity index is 389. The van der Waals surface area contributed by atoms with Gasteiger partial charge in [0.25, 0.3) is 0 Å². The zero-order valence-electron chi connectivity index (χ0n) is 11.4. The lowest BCUT2D eigenvalue weighted by Gasteiger charge is -2.40. The van der Waals surface area contributed by atoms with E-state index in [1.807, 2.05) is 0 Å². The summed E-state index contributed by atoms with van der Waals surface area (Å²) in [4.78, 5) is 2.65. The Morgan fingerprint density at radius 2 is 2.11 bits per heavy atom. The monoisotopic (exact) mass is 244 g/mol. The van der Waals surface area contributed by atoms with Crippen molar-refractivity contribution >= 4 is 0 Å². The molecule has 2 saturated heterocycles. The lowest BCUT2D eigenvalue weighted by Crippen LogP contribution is -2.45. The third-order valence-electron chi connectivity index (χ3n) is 5.01. The summed E-state index contributed by atoms with van der Waals surface area (Å²) in [5, 5.41) is 3.53. The maximum Gasteiger partial charge on any atom is 0.0233 e. The first kappa shape index (κ1) is 12.2. The summed E-state index contributed by atoms with van der Waals surface area (Å²) in [5.41, 5.74) is 2.05. The highest BCUT2D eigenvalue weighted by Crippen LogP contribution is 2.42. The van der Waals surface area contributed by atoms with E-state index in [0.29, 0.717) is 5.41 Å². The Kier molecular flexibility index (Phi) is 3.40. The van der Waals surface area contributed by atoms with Crippen molar-refractivity contribution in [2.75, 3.05) is 26.2 Å². The Morgan fingerprint density at radius 3 is 2.89 bits per heavy atom. The van der Waals surface area contributed by atoms with E-state index >= 15 is 0 Å². The molecule has 0 saturated carbocycles. The van der Waals surface area contributed by atoms with Crippen LogP contribution in [0.25, 0.3) is 0 Å². The lowest BCUT2D eigenvalue weighted by molar-refractivity contribution is 0.124. The lowest BCUT2D eigenvalue weighted by atomic mass is 9.71. The van der Waals surface area contributed by atoms with Crippen LogP contribution in [0.2, 0.25) is 0 Å². The fourth-order valence-corrected chi connectivity index (χ4v) is 3.69. The minimum Gasteiger partial charge on any atom is -0.316 e. The molecule has 3 rings (SSSR count). The Morgan fingerprint density at radius 1 is 1.28 bits per heavy atom. The zero-order valence-corrected chi connectivity index (χ0v) is 11.4. The van der Waals surface area contributed by atoms with E-state index in [1.54, 1.807) is 0 Å². The largest absolute Gasteiger partial charge is 0.316 e. The fraction of sp³-hybridized carbons (Fsp3) is 0.625. The van der Waals surface area contributed by atoms with Gasteiger partial charge in [-0.3, -0.25) is 4.90 Å². The van der Waals surface area contributed by atoms with Gasteiger partial charge in [-0.2, -0.15) is 0 Å². The van der Waals surface area contributed by atoms with Gasteiger partial charge in [-0.1, -0.05) is 37.3 Å². The molecule has 2 fully saturated rings. The molecular formula is C16H24N2. The number of rotatable bonds is 2. The molecule has 2 aliphatic heterocycles. The van der Waals surface area contributed by atoms with E-state index in [0.717, 1.165) is 12.5 Å². The van der Waals surface area contributed by atoms with Crippen molar-refractivity contribution in [3.05, 3.63) is 35.9 Å². The number of nitrogens with zero attached hydrogens (tertiary/aromatic N) is 1. The summed E-state index contributed by atoms with van der Waals surface area (Å²) in [6.07, 6.45) is 2.75. The standard InChI is InChI=1S/C16H24N2/c1-14-11-17-9-7-16(14)8-10-18(13-16)12-15-5-3-2-4-6-15/h2-6,14,17H,7-13H2,1H3. The molecule has 2 nitrogen and oxygen atoms in total. The molecule has 2 atom stereocenters. The molecule has 0 aliphatic carbocycles. The summed E-state index contributed by atoms with van der Waals surface area (Å²) in [6, 6.07) is 10.9. The first-order chi connectivity index (χ1) is 8.78. The quantitative estimate of drug-likeness (QED) is 0.860. The van der Waals surface area contributed by atoms with Crippen LogP contribution in [0.5, 0.6) is 0 Å². The zero-order chi connectivity index (χ0) is 12.4.